The summed E-state index contributed by atoms with van der Waals surface area (Å²) in [6.07, 6.45) is 1.72. The van der Waals surface area contributed by atoms with Gasteiger partial charge in [-0.15, -0.1) is 0 Å². The molecular weight excluding hydrogens is 274 g/mol. The third kappa shape index (κ3) is 3.11. The van der Waals surface area contributed by atoms with Gasteiger partial charge in [-0.2, -0.15) is 0 Å². The van der Waals surface area contributed by atoms with E-state index in [-0.39, 0.29) is 10.6 Å². The number of nitrogens with one attached hydrogen (secondary N) is 1. The van der Waals surface area contributed by atoms with Crippen molar-refractivity contribution in [1.82, 2.24) is 0 Å². The van der Waals surface area contributed by atoms with Gasteiger partial charge in [-0.25, -0.2) is 8.42 Å². The predicted molar refractivity (Wildman–Crippen MR) is 79.4 cm³/mol. The number of sulfonamides is 1. The number of benzene rings is 2. The van der Waals surface area contributed by atoms with Crippen molar-refractivity contribution in [2.24, 2.45) is 0 Å². The van der Waals surface area contributed by atoms with Crippen molar-refractivity contribution in [3.63, 3.8) is 0 Å². The fourth-order valence-corrected chi connectivity index (χ4v) is 3.19. The van der Waals surface area contributed by atoms with Crippen LogP contribution in [0.2, 0.25) is 0 Å². The van der Waals surface area contributed by atoms with Crippen LogP contribution in [-0.2, 0) is 16.4 Å². The second-order valence-electron chi connectivity index (χ2n) is 4.48. The first-order valence-electron chi connectivity index (χ1n) is 6.43. The molecular formula is C15H17NO3S. The lowest BCUT2D eigenvalue weighted by molar-refractivity contribution is 0.459. The van der Waals surface area contributed by atoms with E-state index in [4.69, 9.17) is 0 Å². The zero-order valence-corrected chi connectivity index (χ0v) is 12.0. The van der Waals surface area contributed by atoms with Crippen LogP contribution < -0.4 is 4.72 Å². The minimum Gasteiger partial charge on any atom is -0.507 e. The van der Waals surface area contributed by atoms with Gasteiger partial charge in [0.2, 0.25) is 0 Å². The summed E-state index contributed by atoms with van der Waals surface area (Å²) in [5, 5.41) is 9.68. The van der Waals surface area contributed by atoms with Gasteiger partial charge in [0, 0.05) is 0 Å². The van der Waals surface area contributed by atoms with Crippen molar-refractivity contribution < 1.29 is 13.5 Å². The lowest BCUT2D eigenvalue weighted by atomic mass is 10.1. The number of phenolic OH excluding ortho intramolecular Hbond substituents is 1. The summed E-state index contributed by atoms with van der Waals surface area (Å²) in [7, 11) is -3.78. The molecule has 0 aromatic heterocycles. The van der Waals surface area contributed by atoms with Crippen molar-refractivity contribution in [1.29, 1.82) is 0 Å². The van der Waals surface area contributed by atoms with Crippen molar-refractivity contribution in [2.45, 2.75) is 24.7 Å². The zero-order valence-electron chi connectivity index (χ0n) is 11.2. The minimum absolute atomic E-state index is 0.119. The van der Waals surface area contributed by atoms with E-state index in [1.165, 1.54) is 12.1 Å². The molecule has 0 amide bonds. The van der Waals surface area contributed by atoms with Crippen molar-refractivity contribution in [3.05, 3.63) is 54.1 Å². The molecule has 0 unspecified atom stereocenters. The molecule has 0 heterocycles. The first kappa shape index (κ1) is 14.4. The third-order valence-electron chi connectivity index (χ3n) is 2.94. The average molecular weight is 291 g/mol. The lowest BCUT2D eigenvalue weighted by Crippen LogP contribution is -2.14. The minimum atomic E-state index is -3.78. The van der Waals surface area contributed by atoms with Crippen LogP contribution in [0.1, 0.15) is 18.9 Å². The summed E-state index contributed by atoms with van der Waals surface area (Å²) in [4.78, 5) is -0.119. The van der Waals surface area contributed by atoms with Crippen molar-refractivity contribution in [3.8, 4) is 5.75 Å². The fourth-order valence-electron chi connectivity index (χ4n) is 1.99. The van der Waals surface area contributed by atoms with E-state index in [1.54, 1.807) is 24.3 Å². The van der Waals surface area contributed by atoms with E-state index in [9.17, 15) is 13.5 Å². The van der Waals surface area contributed by atoms with Gasteiger partial charge in [-0.1, -0.05) is 43.7 Å². The highest BCUT2D eigenvalue weighted by atomic mass is 32.2. The largest absolute Gasteiger partial charge is 0.507 e. The summed E-state index contributed by atoms with van der Waals surface area (Å²) < 4.78 is 27.2. The molecule has 0 bridgehead atoms. The SMILES string of the molecule is CCCc1ccccc1NS(=O)(=O)c1ccccc1O. The van der Waals surface area contributed by atoms with E-state index in [1.807, 2.05) is 19.1 Å². The summed E-state index contributed by atoms with van der Waals surface area (Å²) in [6.45, 7) is 2.04. The highest BCUT2D eigenvalue weighted by Crippen LogP contribution is 2.26. The Kier molecular flexibility index (Phi) is 4.29. The number of rotatable bonds is 5. The Morgan fingerprint density at radius 2 is 1.70 bits per heavy atom. The number of anilines is 1. The topological polar surface area (TPSA) is 66.4 Å². The van der Waals surface area contributed by atoms with E-state index < -0.39 is 10.0 Å². The Bertz CT molecular complexity index is 696. The van der Waals surface area contributed by atoms with Gasteiger partial charge in [0.25, 0.3) is 10.0 Å². The fraction of sp³-hybridized carbons (Fsp3) is 0.200. The Balaban J connectivity index is 2.37. The molecule has 4 nitrogen and oxygen atoms in total. The van der Waals surface area contributed by atoms with Crippen LogP contribution in [0.4, 0.5) is 5.69 Å². The second kappa shape index (κ2) is 5.96. The molecule has 106 valence electrons. The molecule has 2 N–H and O–H groups in total. The molecule has 0 aliphatic rings. The number of phenols is 1. The van der Waals surface area contributed by atoms with Crippen LogP contribution in [0.25, 0.3) is 0 Å². The standard InChI is InChI=1S/C15H17NO3S/c1-2-7-12-8-3-4-9-13(12)16-20(18,19)15-11-6-5-10-14(15)17/h3-6,8-11,16-17H,2,7H2,1H3. The predicted octanol–water partition coefficient (Wildman–Crippen LogP) is 3.15. The molecule has 0 atom stereocenters. The molecule has 0 fully saturated rings. The highest BCUT2D eigenvalue weighted by Gasteiger charge is 2.19. The van der Waals surface area contributed by atoms with Gasteiger partial charge >= 0.3 is 0 Å². The highest BCUT2D eigenvalue weighted by molar-refractivity contribution is 7.92. The van der Waals surface area contributed by atoms with Gasteiger partial charge in [0.1, 0.15) is 10.6 Å². The monoisotopic (exact) mass is 291 g/mol. The van der Waals surface area contributed by atoms with E-state index in [0.29, 0.717) is 5.69 Å². The van der Waals surface area contributed by atoms with Gasteiger partial charge in [-0.05, 0) is 30.2 Å². The van der Waals surface area contributed by atoms with E-state index in [0.717, 1.165) is 18.4 Å². The molecule has 0 saturated heterocycles. The Labute approximate surface area is 119 Å². The number of para-hydroxylation sites is 2. The van der Waals surface area contributed by atoms with E-state index >= 15 is 0 Å². The third-order valence-corrected chi connectivity index (χ3v) is 4.35. The Morgan fingerprint density at radius 1 is 1.05 bits per heavy atom. The molecule has 0 aliphatic carbocycles. The summed E-state index contributed by atoms with van der Waals surface area (Å²) in [5.74, 6) is -0.257. The summed E-state index contributed by atoms with van der Waals surface area (Å²) in [5.41, 5.74) is 1.49. The van der Waals surface area contributed by atoms with Gasteiger partial charge < -0.3 is 5.11 Å². The molecule has 0 saturated carbocycles. The Morgan fingerprint density at radius 3 is 2.40 bits per heavy atom. The molecule has 20 heavy (non-hydrogen) atoms. The maximum absolute atomic E-state index is 12.3. The van der Waals surface area contributed by atoms with Crippen LogP contribution in [0, 0.1) is 0 Å². The van der Waals surface area contributed by atoms with Crippen LogP contribution in [0.3, 0.4) is 0 Å². The molecule has 2 aromatic rings. The van der Waals surface area contributed by atoms with Crippen LogP contribution >= 0.6 is 0 Å². The lowest BCUT2D eigenvalue weighted by Gasteiger charge is -2.12. The average Bonchev–Trinajstić information content (AvgIpc) is 2.41. The van der Waals surface area contributed by atoms with E-state index in [2.05, 4.69) is 4.72 Å². The molecule has 2 aromatic carbocycles. The number of aryl methyl sites for hydroxylation is 1. The Hall–Kier alpha value is -2.01. The first-order chi connectivity index (χ1) is 9.54. The number of hydrogen-bond donors (Lipinski definition) is 2. The van der Waals surface area contributed by atoms with Crippen LogP contribution in [0.5, 0.6) is 5.75 Å². The maximum atomic E-state index is 12.3. The first-order valence-corrected chi connectivity index (χ1v) is 7.91. The van der Waals surface area contributed by atoms with Gasteiger partial charge in [0.05, 0.1) is 5.69 Å². The van der Waals surface area contributed by atoms with Crippen molar-refractivity contribution in [2.75, 3.05) is 4.72 Å². The van der Waals surface area contributed by atoms with Crippen molar-refractivity contribution >= 4 is 15.7 Å². The van der Waals surface area contributed by atoms with Crippen LogP contribution in [0.15, 0.2) is 53.4 Å². The van der Waals surface area contributed by atoms with Gasteiger partial charge in [0.15, 0.2) is 0 Å². The molecule has 0 aliphatic heterocycles. The van der Waals surface area contributed by atoms with Gasteiger partial charge in [-0.3, -0.25) is 4.72 Å². The quantitative estimate of drug-likeness (QED) is 0.889. The number of aromatic hydroxyl groups is 1. The second-order valence-corrected chi connectivity index (χ2v) is 6.13. The molecule has 0 radical (unpaired) electrons. The van der Waals surface area contributed by atoms with Crippen LogP contribution in [-0.4, -0.2) is 13.5 Å². The normalized spacial score (nSPS) is 11.2. The summed E-state index contributed by atoms with van der Waals surface area (Å²) >= 11 is 0. The summed E-state index contributed by atoms with van der Waals surface area (Å²) in [6, 6.07) is 13.2. The zero-order chi connectivity index (χ0) is 14.6. The number of hydrogen-bond acceptors (Lipinski definition) is 3. The molecule has 5 heteroatoms. The smallest absolute Gasteiger partial charge is 0.265 e. The molecule has 0 spiro atoms. The maximum Gasteiger partial charge on any atom is 0.265 e. The molecule has 2 rings (SSSR count).